The van der Waals surface area contributed by atoms with Crippen LogP contribution in [0, 0.1) is 29.6 Å². The predicted octanol–water partition coefficient (Wildman–Crippen LogP) is 3.73. The van der Waals surface area contributed by atoms with Crippen molar-refractivity contribution in [2.75, 3.05) is 33.3 Å². The first-order chi connectivity index (χ1) is 28.5. The molecule has 1 amide bonds. The molecule has 1 spiro atoms. The third-order valence-corrected chi connectivity index (χ3v) is 13.4. The smallest absolute Gasteiger partial charge is 0.312 e. The number of nitrogens with one attached hydrogen (secondary N) is 2. The summed E-state index contributed by atoms with van der Waals surface area (Å²) in [5.41, 5.74) is -1.86. The number of piperidine rings is 1. The highest BCUT2D eigenvalue weighted by molar-refractivity contribution is 6.07. The van der Waals surface area contributed by atoms with Gasteiger partial charge in [-0.25, -0.2) is 4.90 Å². The molecule has 338 valence electrons. The molecule has 0 aromatic rings. The fourth-order valence-corrected chi connectivity index (χ4v) is 9.56. The molecular weight excluding hydrogens is 785 g/mol. The van der Waals surface area contributed by atoms with E-state index in [-0.39, 0.29) is 34.7 Å². The first-order valence-corrected chi connectivity index (χ1v) is 21.5. The second kappa shape index (κ2) is 18.7. The number of hydrogen-bond donors (Lipinski definition) is 5. The van der Waals surface area contributed by atoms with Crippen molar-refractivity contribution in [3.63, 3.8) is 0 Å². The number of Topliss-reactive ketones (excluding diaryl/α,β-unsaturated/α-hetero) is 2. The van der Waals surface area contributed by atoms with E-state index < -0.39 is 95.1 Å². The zero-order valence-corrected chi connectivity index (χ0v) is 37.7. The number of aliphatic hydroxyl groups excluding tert-OH is 2. The van der Waals surface area contributed by atoms with Crippen molar-refractivity contribution in [2.24, 2.45) is 29.6 Å². The monoisotopic (exact) mass is 852 g/mol. The number of fused-ring (bicyclic) bond motifs is 9. The number of allylic oxidation sites excluding steroid dienone is 4. The maximum atomic E-state index is 14.3. The number of likely N-dealkylation sites (tertiary alicyclic amines) is 1. The maximum absolute atomic E-state index is 14.3. The number of hydrogen-bond acceptors (Lipinski definition) is 14. The van der Waals surface area contributed by atoms with Crippen LogP contribution >= 0.6 is 0 Å². The molecule has 15 nitrogen and oxygen atoms in total. The average molecular weight is 853 g/mol. The van der Waals surface area contributed by atoms with Crippen LogP contribution in [0.2, 0.25) is 0 Å². The highest BCUT2D eigenvalue weighted by Gasteiger charge is 2.59. The fourth-order valence-electron chi connectivity index (χ4n) is 9.56. The van der Waals surface area contributed by atoms with E-state index in [0.29, 0.717) is 24.5 Å². The topological polar surface area (TPSA) is 196 Å². The van der Waals surface area contributed by atoms with Gasteiger partial charge in [-0.05, 0) is 38.7 Å². The normalized spacial score (nSPS) is 38.7. The van der Waals surface area contributed by atoms with Crippen molar-refractivity contribution in [1.29, 1.82) is 0 Å². The third kappa shape index (κ3) is 9.62. The number of amides is 1. The van der Waals surface area contributed by atoms with Gasteiger partial charge in [0.25, 0.3) is 5.91 Å². The Hall–Kier alpha value is -4.12. The van der Waals surface area contributed by atoms with Crippen LogP contribution in [0.1, 0.15) is 88.5 Å². The van der Waals surface area contributed by atoms with Crippen LogP contribution in [-0.4, -0.2) is 123 Å². The van der Waals surface area contributed by atoms with E-state index in [1.54, 1.807) is 65.8 Å². The zero-order valence-electron chi connectivity index (χ0n) is 37.7. The number of methoxy groups -OCH3 is 1. The van der Waals surface area contributed by atoms with Gasteiger partial charge in [-0.3, -0.25) is 19.2 Å². The molecule has 5 heterocycles. The highest BCUT2D eigenvalue weighted by atomic mass is 16.7. The van der Waals surface area contributed by atoms with Crippen LogP contribution in [0.15, 0.2) is 71.0 Å². The quantitative estimate of drug-likeness (QED) is 0.203. The van der Waals surface area contributed by atoms with Crippen LogP contribution in [0.3, 0.4) is 0 Å². The summed E-state index contributed by atoms with van der Waals surface area (Å²) in [4.78, 5) is 58.6. The Bertz CT molecular complexity index is 1890. The molecule has 11 atom stereocenters. The number of ether oxygens (including phenoxy) is 4. The Morgan fingerprint density at radius 2 is 1.69 bits per heavy atom. The summed E-state index contributed by atoms with van der Waals surface area (Å²) in [5, 5.41) is 42.4. The number of esters is 1. The van der Waals surface area contributed by atoms with Gasteiger partial charge in [0.15, 0.2) is 11.5 Å². The largest absolute Gasteiger partial charge is 0.462 e. The van der Waals surface area contributed by atoms with Crippen LogP contribution in [0.5, 0.6) is 0 Å². The molecule has 61 heavy (non-hydrogen) atoms. The molecule has 3 fully saturated rings. The number of nitrogens with zero attached hydrogens (tertiary/aromatic N) is 2. The summed E-state index contributed by atoms with van der Waals surface area (Å²) >= 11 is 0. The van der Waals surface area contributed by atoms with Crippen molar-refractivity contribution in [1.82, 2.24) is 20.4 Å². The van der Waals surface area contributed by atoms with Gasteiger partial charge < -0.3 is 49.8 Å². The van der Waals surface area contributed by atoms with Crippen LogP contribution in [0.25, 0.3) is 0 Å². The summed E-state index contributed by atoms with van der Waals surface area (Å²) in [7, 11) is 1.47. The first-order valence-electron chi connectivity index (χ1n) is 21.5. The minimum Gasteiger partial charge on any atom is -0.462 e. The standard InChI is InChI=1S/C46H68N4O11/c1-25(2)23-49-19-17-45(18-20-49)48-34-24-50(45)46(57)22-35(52)37(34)47-43(56)27(4)15-13-14-26(3)38(53)29(6)39(54)30(7)40(60-33(10)51)28(5)36(58-12)16-21-59-44(11)42(55)31(8)41(61-44)32(46)9/h13-16,21,25-26,28-30,36,38-40,48,53-54,57H,8,17-20,22-24H2,1-7,9-12H3,(H,47,56)/b14-13+,21-16+,27-15-,41-32?/t26-,28+,29+,30+,36-,38-,39+,40+,44-,46?/m0/s1. The second-order valence-electron chi connectivity index (χ2n) is 18.3. The van der Waals surface area contributed by atoms with Gasteiger partial charge in [-0.2, -0.15) is 0 Å². The predicted molar refractivity (Wildman–Crippen MR) is 227 cm³/mol. The van der Waals surface area contributed by atoms with E-state index in [1.807, 2.05) is 4.90 Å². The molecule has 3 saturated heterocycles. The van der Waals surface area contributed by atoms with Gasteiger partial charge in [0, 0.05) is 82.0 Å². The molecule has 5 aliphatic rings. The van der Waals surface area contributed by atoms with E-state index in [9.17, 15) is 34.5 Å². The highest BCUT2D eigenvalue weighted by Crippen LogP contribution is 2.47. The molecule has 0 aromatic heterocycles. The number of aliphatic hydroxyl groups is 3. The lowest BCUT2D eigenvalue weighted by Crippen LogP contribution is -2.66. The summed E-state index contributed by atoms with van der Waals surface area (Å²) in [6.07, 6.45) is 4.72. The Morgan fingerprint density at radius 1 is 1.03 bits per heavy atom. The van der Waals surface area contributed by atoms with Crippen molar-refractivity contribution in [3.8, 4) is 0 Å². The van der Waals surface area contributed by atoms with Gasteiger partial charge >= 0.3 is 11.8 Å². The summed E-state index contributed by atoms with van der Waals surface area (Å²) in [6, 6.07) is 0. The Labute approximate surface area is 360 Å². The third-order valence-electron chi connectivity index (χ3n) is 13.4. The van der Waals surface area contributed by atoms with Gasteiger partial charge in [0.2, 0.25) is 5.78 Å². The van der Waals surface area contributed by atoms with Crippen molar-refractivity contribution in [2.45, 2.75) is 130 Å². The molecule has 0 aliphatic carbocycles. The molecule has 2 unspecified atom stereocenters. The second-order valence-corrected chi connectivity index (χ2v) is 18.3. The van der Waals surface area contributed by atoms with Crippen molar-refractivity contribution >= 4 is 23.4 Å². The van der Waals surface area contributed by atoms with E-state index in [2.05, 4.69) is 36.0 Å². The maximum Gasteiger partial charge on any atom is 0.312 e. The molecule has 6 bridgehead atoms. The lowest BCUT2D eigenvalue weighted by atomic mass is 9.78. The Kier molecular flexibility index (Phi) is 14.7. The molecule has 0 radical (unpaired) electrons. The number of ketones is 2. The summed E-state index contributed by atoms with van der Waals surface area (Å²) < 4.78 is 23.9. The summed E-state index contributed by atoms with van der Waals surface area (Å²) in [6.45, 7) is 23.8. The lowest BCUT2D eigenvalue weighted by molar-refractivity contribution is -0.172. The van der Waals surface area contributed by atoms with Gasteiger partial charge in [-0.1, -0.05) is 66.3 Å². The van der Waals surface area contributed by atoms with Gasteiger partial charge in [0.05, 0.1) is 47.9 Å². The minimum atomic E-state index is -1.99. The van der Waals surface area contributed by atoms with Crippen molar-refractivity contribution < 1.29 is 53.4 Å². The van der Waals surface area contributed by atoms with E-state index >= 15 is 0 Å². The SMILES string of the molecule is C=C1C(=O)[C@@]2(C)O/C=C/[C@H](OC)[C@@H](C)[C@@H](OC(C)=O)[C@H](C)[C@H](O)[C@H](C)[C@@H](O)[C@@H](C)/C=C/C=C(/C)C(=O)NC3=C4CN(C5(CCN(CC(C)C)CC5)N4)C(O)(CC3=O)C(C)=C1O2. The van der Waals surface area contributed by atoms with E-state index in [1.165, 1.54) is 27.2 Å². The fraction of sp³-hybridized carbons (Fsp3) is 0.652. The molecule has 0 saturated carbocycles. The first kappa shape index (κ1) is 47.9. The Balaban J connectivity index is 1.61. The molecule has 5 N–H and O–H groups in total. The van der Waals surface area contributed by atoms with Crippen LogP contribution in [0.4, 0.5) is 0 Å². The number of rotatable bonds is 4. The molecule has 15 heteroatoms. The average Bonchev–Trinajstić information content (AvgIpc) is 3.65. The molecule has 5 aliphatic heterocycles. The minimum absolute atomic E-state index is 0.0134. The van der Waals surface area contributed by atoms with Gasteiger partial charge in [-0.15, -0.1) is 0 Å². The van der Waals surface area contributed by atoms with Crippen LogP contribution in [-0.2, 0) is 38.1 Å². The molecule has 0 aromatic carbocycles. The number of carbonyl (C=O) groups is 4. The van der Waals surface area contributed by atoms with E-state index in [4.69, 9.17) is 18.9 Å². The van der Waals surface area contributed by atoms with Crippen LogP contribution < -0.4 is 10.6 Å². The zero-order chi connectivity index (χ0) is 45.4. The van der Waals surface area contributed by atoms with E-state index in [0.717, 1.165) is 19.6 Å². The summed E-state index contributed by atoms with van der Waals surface area (Å²) in [5.74, 6) is -6.07. The lowest BCUT2D eigenvalue weighted by Gasteiger charge is -2.51. The van der Waals surface area contributed by atoms with Crippen molar-refractivity contribution in [3.05, 3.63) is 71.0 Å². The number of carbonyl (C=O) groups excluding carboxylic acids is 4. The molecular formula is C46H68N4O11. The van der Waals surface area contributed by atoms with Gasteiger partial charge in [0.1, 0.15) is 17.6 Å². The molecule has 5 rings (SSSR count). The Morgan fingerprint density at radius 3 is 2.30 bits per heavy atom.